The minimum absolute atomic E-state index is 0.135. The highest BCUT2D eigenvalue weighted by atomic mass is 19.1. The number of phenolic OH excluding ortho intramolecular Hbond substituents is 1. The van der Waals surface area contributed by atoms with Gasteiger partial charge in [0.25, 0.3) is 0 Å². The van der Waals surface area contributed by atoms with E-state index in [-0.39, 0.29) is 31.4 Å². The van der Waals surface area contributed by atoms with E-state index in [1.807, 2.05) is 50.3 Å². The third-order valence-electron chi connectivity index (χ3n) is 8.09. The fraction of sp³-hybridized carbons (Fsp3) is 0.455. The number of aliphatic hydroxyl groups excluding tert-OH is 2. The van der Waals surface area contributed by atoms with Gasteiger partial charge in [0.1, 0.15) is 12.4 Å². The second kappa shape index (κ2) is 13.9. The molecule has 1 saturated heterocycles. The van der Waals surface area contributed by atoms with E-state index in [0.29, 0.717) is 42.7 Å². The summed E-state index contributed by atoms with van der Waals surface area (Å²) in [6.07, 6.45) is 4.26. The topological polar surface area (TPSA) is 107 Å². The van der Waals surface area contributed by atoms with Gasteiger partial charge >= 0.3 is 0 Å². The number of amides is 2. The number of likely N-dealkylation sites (tertiary alicyclic amines) is 1. The Morgan fingerprint density at radius 1 is 1.10 bits per heavy atom. The van der Waals surface area contributed by atoms with Crippen molar-refractivity contribution in [3.8, 4) is 11.5 Å². The van der Waals surface area contributed by atoms with Crippen molar-refractivity contribution in [2.45, 2.75) is 58.5 Å². The van der Waals surface area contributed by atoms with Crippen LogP contribution in [-0.4, -0.2) is 57.9 Å². The Hall–Kier alpha value is -3.49. The van der Waals surface area contributed by atoms with Crippen molar-refractivity contribution in [1.82, 2.24) is 4.90 Å². The minimum atomic E-state index is -0.970. The van der Waals surface area contributed by atoms with Crippen LogP contribution in [0.4, 0.5) is 4.39 Å². The molecule has 2 aromatic carbocycles. The molecule has 8 heteroatoms. The summed E-state index contributed by atoms with van der Waals surface area (Å²) in [5.41, 5.74) is 2.95. The average molecular weight is 566 g/mol. The molecule has 1 aliphatic carbocycles. The first-order chi connectivity index (χ1) is 19.8. The summed E-state index contributed by atoms with van der Waals surface area (Å²) in [5, 5.41) is 31.7. The van der Waals surface area contributed by atoms with Crippen LogP contribution in [0.3, 0.4) is 0 Å². The molecule has 0 radical (unpaired) electrons. The molecule has 1 aliphatic heterocycles. The van der Waals surface area contributed by atoms with Gasteiger partial charge in [-0.2, -0.15) is 0 Å². The van der Waals surface area contributed by atoms with Crippen molar-refractivity contribution in [3.63, 3.8) is 0 Å². The number of para-hydroxylation sites is 1. The molecule has 0 aromatic heterocycles. The van der Waals surface area contributed by atoms with Gasteiger partial charge < -0.3 is 20.1 Å². The molecule has 2 amide bonds. The number of carbonyl (C=O) groups excluding carboxylic acids is 2. The lowest BCUT2D eigenvalue weighted by Crippen LogP contribution is -2.40. The first-order valence-corrected chi connectivity index (χ1v) is 14.5. The van der Waals surface area contributed by atoms with Crippen molar-refractivity contribution in [3.05, 3.63) is 76.6 Å². The quantitative estimate of drug-likeness (QED) is 0.226. The summed E-state index contributed by atoms with van der Waals surface area (Å²) in [6.45, 7) is 4.05. The standard InChI is InChI=1S/C33H40FNO6/c1-3-8-21(16-22-12-13-28(37)27(34)17-22)11-14-29(38)30-23(20-41-24-9-6-5-7-10-24)18-25-31(26(30)19-36)33(40)35(15-4-2)32(25)39/h5-7,9-10,12-13,16-17,25-26,29,31,36-38H,3-4,8,11,14-15,18-20H2,1-2H3/b21-16+/t25-,26+,29-,31-/m1/s1. The van der Waals surface area contributed by atoms with Gasteiger partial charge in [-0.25, -0.2) is 4.39 Å². The van der Waals surface area contributed by atoms with Crippen molar-refractivity contribution in [2.75, 3.05) is 19.8 Å². The van der Waals surface area contributed by atoms with Crippen LogP contribution in [-0.2, 0) is 9.59 Å². The molecule has 4 rings (SSSR count). The molecule has 0 spiro atoms. The predicted molar refractivity (Wildman–Crippen MR) is 154 cm³/mol. The number of hydrogen-bond donors (Lipinski definition) is 3. The molecule has 2 aromatic rings. The maximum absolute atomic E-state index is 13.9. The van der Waals surface area contributed by atoms with Crippen molar-refractivity contribution < 1.29 is 34.0 Å². The molecule has 2 aliphatic rings. The molecule has 41 heavy (non-hydrogen) atoms. The fourth-order valence-corrected chi connectivity index (χ4v) is 6.20. The first-order valence-electron chi connectivity index (χ1n) is 14.5. The Kier molecular flexibility index (Phi) is 10.3. The molecule has 0 bridgehead atoms. The predicted octanol–water partition coefficient (Wildman–Crippen LogP) is 5.25. The Labute approximate surface area is 241 Å². The van der Waals surface area contributed by atoms with Crippen molar-refractivity contribution in [2.24, 2.45) is 17.8 Å². The Morgan fingerprint density at radius 3 is 2.51 bits per heavy atom. The van der Waals surface area contributed by atoms with Gasteiger partial charge in [0.2, 0.25) is 11.8 Å². The number of imide groups is 1. The normalized spacial score (nSPS) is 21.8. The highest BCUT2D eigenvalue weighted by molar-refractivity contribution is 6.05. The number of rotatable bonds is 13. The van der Waals surface area contributed by atoms with Crippen LogP contribution in [0.1, 0.15) is 57.9 Å². The molecular formula is C33H40FNO6. The van der Waals surface area contributed by atoms with Gasteiger partial charge in [0.05, 0.1) is 24.5 Å². The van der Waals surface area contributed by atoms with E-state index in [1.165, 1.54) is 17.0 Å². The van der Waals surface area contributed by atoms with Crippen LogP contribution < -0.4 is 4.74 Å². The van der Waals surface area contributed by atoms with Crippen LogP contribution in [0, 0.1) is 23.6 Å². The van der Waals surface area contributed by atoms with E-state index in [4.69, 9.17) is 4.74 Å². The molecule has 7 nitrogen and oxygen atoms in total. The van der Waals surface area contributed by atoms with Gasteiger partial charge in [-0.1, -0.05) is 56.2 Å². The van der Waals surface area contributed by atoms with Crippen LogP contribution >= 0.6 is 0 Å². The molecule has 0 unspecified atom stereocenters. The lowest BCUT2D eigenvalue weighted by atomic mass is 9.68. The summed E-state index contributed by atoms with van der Waals surface area (Å²) in [5.74, 6) is -2.96. The first kappa shape index (κ1) is 30.5. The summed E-state index contributed by atoms with van der Waals surface area (Å²) < 4.78 is 20.0. The summed E-state index contributed by atoms with van der Waals surface area (Å²) in [6, 6.07) is 13.5. The average Bonchev–Trinajstić information content (AvgIpc) is 3.21. The Balaban J connectivity index is 1.63. The zero-order chi connectivity index (χ0) is 29.5. The number of aliphatic hydroxyl groups is 2. The summed E-state index contributed by atoms with van der Waals surface area (Å²) in [4.78, 5) is 27.9. The number of fused-ring (bicyclic) bond motifs is 1. The highest BCUT2D eigenvalue weighted by Crippen LogP contribution is 2.46. The zero-order valence-corrected chi connectivity index (χ0v) is 23.8. The Morgan fingerprint density at radius 2 is 1.85 bits per heavy atom. The van der Waals surface area contributed by atoms with Crippen LogP contribution in [0.5, 0.6) is 11.5 Å². The van der Waals surface area contributed by atoms with E-state index >= 15 is 0 Å². The van der Waals surface area contributed by atoms with Gasteiger partial charge in [0.15, 0.2) is 11.6 Å². The SMILES string of the molecule is CCC/C(=C\c1ccc(O)c(F)c1)CC[C@@H](O)C1=C(COc2ccccc2)C[C@H]2C(=O)N(CCC)C(=O)[C@H]2[C@H]1CO. The molecular weight excluding hydrogens is 525 g/mol. The lowest BCUT2D eigenvalue weighted by Gasteiger charge is -2.36. The summed E-state index contributed by atoms with van der Waals surface area (Å²) >= 11 is 0. The number of aromatic hydroxyl groups is 1. The third-order valence-corrected chi connectivity index (χ3v) is 8.09. The molecule has 3 N–H and O–H groups in total. The molecule has 1 fully saturated rings. The van der Waals surface area contributed by atoms with E-state index in [2.05, 4.69) is 0 Å². The van der Waals surface area contributed by atoms with Crippen LogP contribution in [0.2, 0.25) is 0 Å². The maximum atomic E-state index is 13.9. The maximum Gasteiger partial charge on any atom is 0.233 e. The monoisotopic (exact) mass is 565 g/mol. The fourth-order valence-electron chi connectivity index (χ4n) is 6.20. The number of benzene rings is 2. The zero-order valence-electron chi connectivity index (χ0n) is 23.8. The number of allylic oxidation sites excluding steroid dienone is 1. The van der Waals surface area contributed by atoms with Gasteiger partial charge in [0, 0.05) is 12.5 Å². The number of halogens is 1. The number of carbonyl (C=O) groups is 2. The number of nitrogens with zero attached hydrogens (tertiary/aromatic N) is 1. The van der Waals surface area contributed by atoms with Crippen molar-refractivity contribution >= 4 is 17.9 Å². The largest absolute Gasteiger partial charge is 0.505 e. The van der Waals surface area contributed by atoms with E-state index in [9.17, 15) is 29.3 Å². The Bertz CT molecular complexity index is 1290. The number of phenols is 1. The molecule has 1 heterocycles. The van der Waals surface area contributed by atoms with Crippen LogP contribution in [0.15, 0.2) is 65.3 Å². The summed E-state index contributed by atoms with van der Waals surface area (Å²) in [7, 11) is 0. The van der Waals surface area contributed by atoms with Crippen LogP contribution in [0.25, 0.3) is 6.08 Å². The van der Waals surface area contributed by atoms with Gasteiger partial charge in [-0.05, 0) is 73.1 Å². The van der Waals surface area contributed by atoms with Gasteiger partial charge in [-0.15, -0.1) is 0 Å². The highest BCUT2D eigenvalue weighted by Gasteiger charge is 2.54. The smallest absolute Gasteiger partial charge is 0.233 e. The number of ether oxygens (including phenoxy) is 1. The minimum Gasteiger partial charge on any atom is -0.505 e. The van der Waals surface area contributed by atoms with E-state index in [0.717, 1.165) is 24.0 Å². The number of hydrogen-bond acceptors (Lipinski definition) is 6. The molecule has 0 saturated carbocycles. The van der Waals surface area contributed by atoms with Gasteiger partial charge in [-0.3, -0.25) is 14.5 Å². The van der Waals surface area contributed by atoms with E-state index in [1.54, 1.807) is 6.07 Å². The van der Waals surface area contributed by atoms with Crippen molar-refractivity contribution in [1.29, 1.82) is 0 Å². The second-order valence-corrected chi connectivity index (χ2v) is 10.9. The second-order valence-electron chi connectivity index (χ2n) is 10.9. The third kappa shape index (κ3) is 6.88. The van der Waals surface area contributed by atoms with E-state index < -0.39 is 35.4 Å². The molecule has 220 valence electrons. The molecule has 4 atom stereocenters. The lowest BCUT2D eigenvalue weighted by molar-refractivity contribution is -0.140.